The number of fused-ring (bicyclic) bond motifs is 1. The van der Waals surface area contributed by atoms with Crippen molar-refractivity contribution in [3.05, 3.63) is 53.6 Å². The number of nitrogens with zero attached hydrogens (tertiary/aromatic N) is 3. The molecule has 1 spiro atoms. The normalized spacial score (nSPS) is 19.1. The highest BCUT2D eigenvalue weighted by molar-refractivity contribution is 6.07. The smallest absolute Gasteiger partial charge is 0.328 e. The SMILES string of the molecule is COCCN1C(=O)N(Cc2cccc(OC)c2)C(=O)C12CCN(Cc1cccc3c1OCO3)CC2. The van der Waals surface area contributed by atoms with Crippen LogP contribution >= 0.6 is 0 Å². The van der Waals surface area contributed by atoms with Crippen LogP contribution in [0.1, 0.15) is 24.0 Å². The summed E-state index contributed by atoms with van der Waals surface area (Å²) in [7, 11) is 3.21. The van der Waals surface area contributed by atoms with Gasteiger partial charge in [0.1, 0.15) is 11.3 Å². The summed E-state index contributed by atoms with van der Waals surface area (Å²) in [6.07, 6.45) is 1.14. The molecule has 3 heterocycles. The first-order valence-corrected chi connectivity index (χ1v) is 11.9. The molecule has 5 rings (SSSR count). The van der Waals surface area contributed by atoms with E-state index in [1.807, 2.05) is 42.5 Å². The van der Waals surface area contributed by atoms with Crippen LogP contribution in [0.25, 0.3) is 0 Å². The number of benzene rings is 2. The van der Waals surface area contributed by atoms with E-state index in [1.165, 1.54) is 4.90 Å². The van der Waals surface area contributed by atoms with E-state index in [9.17, 15) is 9.59 Å². The van der Waals surface area contributed by atoms with Crippen LogP contribution < -0.4 is 14.2 Å². The number of ether oxygens (including phenoxy) is 4. The van der Waals surface area contributed by atoms with Crippen molar-refractivity contribution in [2.24, 2.45) is 0 Å². The highest BCUT2D eigenvalue weighted by Crippen LogP contribution is 2.40. The quantitative estimate of drug-likeness (QED) is 0.537. The average molecular weight is 482 g/mol. The predicted octanol–water partition coefficient (Wildman–Crippen LogP) is 2.87. The van der Waals surface area contributed by atoms with Gasteiger partial charge in [-0.25, -0.2) is 4.79 Å². The second-order valence-electron chi connectivity index (χ2n) is 9.13. The Balaban J connectivity index is 1.33. The zero-order chi connectivity index (χ0) is 24.4. The van der Waals surface area contributed by atoms with Crippen molar-refractivity contribution >= 4 is 11.9 Å². The molecule has 0 radical (unpaired) electrons. The van der Waals surface area contributed by atoms with Crippen molar-refractivity contribution in [1.82, 2.24) is 14.7 Å². The fourth-order valence-corrected chi connectivity index (χ4v) is 5.29. The average Bonchev–Trinajstić information content (AvgIpc) is 3.44. The molecule has 0 atom stereocenters. The van der Waals surface area contributed by atoms with Crippen LogP contribution in [0.3, 0.4) is 0 Å². The van der Waals surface area contributed by atoms with E-state index >= 15 is 0 Å². The zero-order valence-electron chi connectivity index (χ0n) is 20.2. The highest BCUT2D eigenvalue weighted by atomic mass is 16.7. The summed E-state index contributed by atoms with van der Waals surface area (Å²) in [5.41, 5.74) is 1.08. The van der Waals surface area contributed by atoms with Crippen LogP contribution in [-0.2, 0) is 22.6 Å². The van der Waals surface area contributed by atoms with E-state index in [-0.39, 0.29) is 25.3 Å². The number of carbonyl (C=O) groups is 2. The number of carbonyl (C=O) groups excluding carboxylic acids is 2. The number of urea groups is 1. The summed E-state index contributed by atoms with van der Waals surface area (Å²) in [4.78, 5) is 32.7. The molecule has 3 amide bonds. The van der Waals surface area contributed by atoms with Crippen molar-refractivity contribution in [2.45, 2.75) is 31.5 Å². The standard InChI is InChI=1S/C26H31N3O6/c1-32-14-13-29-25(31)28(16-19-5-3-7-21(15-19)33-2)24(30)26(29)9-11-27(12-10-26)17-20-6-4-8-22-23(20)35-18-34-22/h3-8,15H,9-14,16-18H2,1-2H3. The number of imide groups is 1. The van der Waals surface area contributed by atoms with Gasteiger partial charge in [-0.15, -0.1) is 0 Å². The lowest BCUT2D eigenvalue weighted by molar-refractivity contribution is -0.136. The van der Waals surface area contributed by atoms with Gasteiger partial charge in [0.15, 0.2) is 11.5 Å². The number of methoxy groups -OCH3 is 2. The first-order valence-electron chi connectivity index (χ1n) is 11.9. The Morgan fingerprint density at radius 2 is 1.80 bits per heavy atom. The highest BCUT2D eigenvalue weighted by Gasteiger charge is 2.57. The molecule has 3 aliphatic heterocycles. The summed E-state index contributed by atoms with van der Waals surface area (Å²) in [5, 5.41) is 0. The molecule has 0 aliphatic carbocycles. The van der Waals surface area contributed by atoms with E-state index in [0.717, 1.165) is 22.6 Å². The van der Waals surface area contributed by atoms with Crippen LogP contribution in [0.15, 0.2) is 42.5 Å². The Bertz CT molecular complexity index is 1100. The summed E-state index contributed by atoms with van der Waals surface area (Å²) >= 11 is 0. The van der Waals surface area contributed by atoms with Crippen molar-refractivity contribution < 1.29 is 28.5 Å². The molecular weight excluding hydrogens is 450 g/mol. The van der Waals surface area contributed by atoms with Gasteiger partial charge in [0.25, 0.3) is 5.91 Å². The predicted molar refractivity (Wildman–Crippen MR) is 127 cm³/mol. The van der Waals surface area contributed by atoms with Gasteiger partial charge in [0.2, 0.25) is 6.79 Å². The van der Waals surface area contributed by atoms with Crippen molar-refractivity contribution in [3.63, 3.8) is 0 Å². The number of amides is 3. The minimum atomic E-state index is -0.844. The van der Waals surface area contributed by atoms with Gasteiger partial charge in [-0.3, -0.25) is 14.6 Å². The van der Waals surface area contributed by atoms with Gasteiger partial charge in [0, 0.05) is 38.9 Å². The van der Waals surface area contributed by atoms with Crippen LogP contribution in [0.4, 0.5) is 4.79 Å². The van der Waals surface area contributed by atoms with Crippen LogP contribution in [-0.4, -0.2) is 79.4 Å². The fraction of sp³-hybridized carbons (Fsp3) is 0.462. The third-order valence-corrected chi connectivity index (χ3v) is 7.17. The van der Waals surface area contributed by atoms with Crippen LogP contribution in [0.5, 0.6) is 17.2 Å². The minimum Gasteiger partial charge on any atom is -0.497 e. The Hall–Kier alpha value is -3.30. The monoisotopic (exact) mass is 481 g/mol. The molecule has 3 aliphatic rings. The van der Waals surface area contributed by atoms with E-state index in [1.54, 1.807) is 19.1 Å². The molecule has 0 aromatic heterocycles. The van der Waals surface area contributed by atoms with Crippen LogP contribution in [0, 0.1) is 0 Å². The molecule has 186 valence electrons. The van der Waals surface area contributed by atoms with Crippen molar-refractivity contribution in [2.75, 3.05) is 47.3 Å². The molecule has 2 saturated heterocycles. The van der Waals surface area contributed by atoms with Crippen LogP contribution in [0.2, 0.25) is 0 Å². The summed E-state index contributed by atoms with van der Waals surface area (Å²) in [6.45, 7) is 3.31. The van der Waals surface area contributed by atoms with E-state index in [2.05, 4.69) is 4.90 Å². The first-order chi connectivity index (χ1) is 17.1. The summed E-state index contributed by atoms with van der Waals surface area (Å²) in [6, 6.07) is 13.1. The number of rotatable bonds is 8. The van der Waals surface area contributed by atoms with Crippen molar-refractivity contribution in [1.29, 1.82) is 0 Å². The second-order valence-corrected chi connectivity index (χ2v) is 9.13. The molecule has 9 nitrogen and oxygen atoms in total. The lowest BCUT2D eigenvalue weighted by Crippen LogP contribution is -2.57. The Morgan fingerprint density at radius 3 is 2.57 bits per heavy atom. The third kappa shape index (κ3) is 4.30. The summed E-state index contributed by atoms with van der Waals surface area (Å²) < 4.78 is 21.7. The molecule has 2 fully saturated rings. The molecular formula is C26H31N3O6. The Morgan fingerprint density at radius 1 is 1.00 bits per heavy atom. The number of para-hydroxylation sites is 1. The molecule has 2 aromatic rings. The van der Waals surface area contributed by atoms with Gasteiger partial charge in [-0.05, 0) is 36.6 Å². The Labute approximate surface area is 205 Å². The number of likely N-dealkylation sites (tertiary alicyclic amines) is 1. The maximum Gasteiger partial charge on any atom is 0.328 e. The van der Waals surface area contributed by atoms with E-state index in [4.69, 9.17) is 18.9 Å². The lowest BCUT2D eigenvalue weighted by atomic mass is 9.85. The topological polar surface area (TPSA) is 80.8 Å². The molecule has 0 unspecified atom stereocenters. The minimum absolute atomic E-state index is 0.126. The van der Waals surface area contributed by atoms with Gasteiger partial charge in [0.05, 0.1) is 20.3 Å². The molecule has 2 aromatic carbocycles. The molecule has 0 bridgehead atoms. The molecule has 35 heavy (non-hydrogen) atoms. The maximum absolute atomic E-state index is 13.8. The molecule has 0 N–H and O–H groups in total. The first kappa shape index (κ1) is 23.4. The lowest BCUT2D eigenvalue weighted by Gasteiger charge is -2.42. The number of piperidine rings is 1. The summed E-state index contributed by atoms with van der Waals surface area (Å²) in [5.74, 6) is 2.14. The van der Waals surface area contributed by atoms with E-state index < -0.39 is 5.54 Å². The maximum atomic E-state index is 13.8. The third-order valence-electron chi connectivity index (χ3n) is 7.17. The van der Waals surface area contributed by atoms with Gasteiger partial charge < -0.3 is 23.8 Å². The van der Waals surface area contributed by atoms with Gasteiger partial charge >= 0.3 is 6.03 Å². The largest absolute Gasteiger partial charge is 0.497 e. The number of hydrogen-bond donors (Lipinski definition) is 0. The molecule has 0 saturated carbocycles. The van der Waals surface area contributed by atoms with Crippen molar-refractivity contribution in [3.8, 4) is 17.2 Å². The van der Waals surface area contributed by atoms with E-state index in [0.29, 0.717) is 51.4 Å². The second kappa shape index (κ2) is 9.75. The zero-order valence-corrected chi connectivity index (χ0v) is 20.2. The Kier molecular flexibility index (Phi) is 6.53. The van der Waals surface area contributed by atoms with Gasteiger partial charge in [-0.2, -0.15) is 0 Å². The van der Waals surface area contributed by atoms with Gasteiger partial charge in [-0.1, -0.05) is 24.3 Å². The fourth-order valence-electron chi connectivity index (χ4n) is 5.29. The molecule has 9 heteroatoms. The number of hydrogen-bond acceptors (Lipinski definition) is 7.